The molecule has 8 heteroatoms. The number of aromatic nitrogens is 3. The van der Waals surface area contributed by atoms with Crippen LogP contribution in [0, 0.1) is 0 Å². The van der Waals surface area contributed by atoms with Crippen molar-refractivity contribution in [1.29, 1.82) is 0 Å². The third-order valence-electron chi connectivity index (χ3n) is 4.41. The highest BCUT2D eigenvalue weighted by molar-refractivity contribution is 5.89. The van der Waals surface area contributed by atoms with E-state index in [1.807, 2.05) is 37.5 Å². The molecule has 0 bridgehead atoms. The van der Waals surface area contributed by atoms with Gasteiger partial charge in [0.05, 0.1) is 12.5 Å². The summed E-state index contributed by atoms with van der Waals surface area (Å²) in [6.07, 6.45) is 4.17. The van der Waals surface area contributed by atoms with Crippen molar-refractivity contribution in [2.75, 3.05) is 5.32 Å². The Bertz CT molecular complexity index is 795. The van der Waals surface area contributed by atoms with E-state index in [9.17, 15) is 9.59 Å². The second-order valence-electron chi connectivity index (χ2n) is 7.23. The first-order chi connectivity index (χ1) is 12.9. The quantitative estimate of drug-likeness (QED) is 0.697. The van der Waals surface area contributed by atoms with E-state index >= 15 is 0 Å². The van der Waals surface area contributed by atoms with Gasteiger partial charge in [-0.25, -0.2) is 4.79 Å². The highest BCUT2D eigenvalue weighted by Gasteiger charge is 2.23. The number of rotatable bonds is 7. The van der Waals surface area contributed by atoms with Crippen molar-refractivity contribution in [3.8, 4) is 0 Å². The summed E-state index contributed by atoms with van der Waals surface area (Å²) >= 11 is 0. The number of benzene rings is 1. The molecule has 2 aromatic rings. The van der Waals surface area contributed by atoms with E-state index in [1.165, 1.54) is 0 Å². The smallest absolute Gasteiger partial charge is 0.319 e. The van der Waals surface area contributed by atoms with Crippen LogP contribution in [0.25, 0.3) is 0 Å². The number of amides is 3. The molecule has 1 aromatic heterocycles. The molecular weight excluding hydrogens is 344 g/mol. The van der Waals surface area contributed by atoms with Gasteiger partial charge in [0.2, 0.25) is 5.91 Å². The van der Waals surface area contributed by atoms with Crippen molar-refractivity contribution in [1.82, 2.24) is 25.4 Å². The Labute approximate surface area is 158 Å². The topological polar surface area (TPSA) is 101 Å². The van der Waals surface area contributed by atoms with Gasteiger partial charge in [-0.2, -0.15) is 0 Å². The summed E-state index contributed by atoms with van der Waals surface area (Å²) in [4.78, 5) is 24.1. The fourth-order valence-electron chi connectivity index (χ4n) is 2.79. The van der Waals surface area contributed by atoms with Gasteiger partial charge in [0.1, 0.15) is 6.33 Å². The minimum atomic E-state index is -0.319. The summed E-state index contributed by atoms with van der Waals surface area (Å²) in [6.45, 7) is 5.93. The Morgan fingerprint density at radius 3 is 2.52 bits per heavy atom. The van der Waals surface area contributed by atoms with E-state index in [1.54, 1.807) is 18.5 Å². The van der Waals surface area contributed by atoms with E-state index in [2.05, 4.69) is 26.1 Å². The van der Waals surface area contributed by atoms with Gasteiger partial charge in [0, 0.05) is 17.8 Å². The molecule has 0 aliphatic heterocycles. The van der Waals surface area contributed by atoms with Crippen LogP contribution in [-0.2, 0) is 11.2 Å². The molecule has 1 fully saturated rings. The second kappa shape index (κ2) is 8.20. The lowest BCUT2D eigenvalue weighted by atomic mass is 10.1. The Kier molecular flexibility index (Phi) is 5.73. The average Bonchev–Trinajstić information content (AvgIpc) is 3.26. The zero-order valence-corrected chi connectivity index (χ0v) is 15.9. The van der Waals surface area contributed by atoms with Crippen molar-refractivity contribution in [3.05, 3.63) is 42.0 Å². The number of anilines is 1. The summed E-state index contributed by atoms with van der Waals surface area (Å²) in [5, 5.41) is 16.6. The average molecular weight is 370 g/mol. The molecule has 1 aliphatic rings. The van der Waals surface area contributed by atoms with Crippen LogP contribution >= 0.6 is 0 Å². The predicted octanol–water partition coefficient (Wildman–Crippen LogP) is 2.56. The van der Waals surface area contributed by atoms with Crippen LogP contribution in [0.15, 0.2) is 30.6 Å². The number of carbonyl (C=O) groups is 2. The molecule has 3 N–H and O–H groups in total. The first-order valence-corrected chi connectivity index (χ1v) is 9.27. The predicted molar refractivity (Wildman–Crippen MR) is 102 cm³/mol. The van der Waals surface area contributed by atoms with Crippen molar-refractivity contribution < 1.29 is 9.59 Å². The third-order valence-corrected chi connectivity index (χ3v) is 4.41. The Morgan fingerprint density at radius 2 is 1.89 bits per heavy atom. The molecule has 0 saturated heterocycles. The zero-order chi connectivity index (χ0) is 19.4. The van der Waals surface area contributed by atoms with Crippen LogP contribution in [0.2, 0.25) is 0 Å². The molecule has 1 atom stereocenters. The van der Waals surface area contributed by atoms with Crippen LogP contribution in [0.4, 0.5) is 10.5 Å². The molecule has 0 unspecified atom stereocenters. The van der Waals surface area contributed by atoms with Crippen molar-refractivity contribution >= 4 is 17.6 Å². The lowest BCUT2D eigenvalue weighted by molar-refractivity contribution is -0.120. The molecule has 1 saturated carbocycles. The van der Waals surface area contributed by atoms with Crippen LogP contribution in [-0.4, -0.2) is 32.7 Å². The van der Waals surface area contributed by atoms with Crippen molar-refractivity contribution in [2.24, 2.45) is 0 Å². The van der Waals surface area contributed by atoms with E-state index < -0.39 is 0 Å². The molecule has 27 heavy (non-hydrogen) atoms. The molecule has 1 aliphatic carbocycles. The van der Waals surface area contributed by atoms with Crippen molar-refractivity contribution in [2.45, 2.75) is 58.2 Å². The lowest BCUT2D eigenvalue weighted by Gasteiger charge is -2.17. The Hall–Kier alpha value is -2.90. The van der Waals surface area contributed by atoms with Gasteiger partial charge < -0.3 is 20.5 Å². The highest BCUT2D eigenvalue weighted by Crippen LogP contribution is 2.19. The summed E-state index contributed by atoms with van der Waals surface area (Å²) in [5.74, 6) is 0.746. The summed E-state index contributed by atoms with van der Waals surface area (Å²) < 4.78 is 1.92. The zero-order valence-electron chi connectivity index (χ0n) is 15.9. The van der Waals surface area contributed by atoms with Gasteiger partial charge in [0.15, 0.2) is 5.82 Å². The highest BCUT2D eigenvalue weighted by atomic mass is 16.2. The van der Waals surface area contributed by atoms with E-state index in [0.717, 1.165) is 18.4 Å². The third kappa shape index (κ3) is 5.29. The van der Waals surface area contributed by atoms with Crippen LogP contribution in [0.3, 0.4) is 0 Å². The molecule has 0 radical (unpaired) electrons. The minimum Gasteiger partial charge on any atom is -0.353 e. The Balaban J connectivity index is 1.51. The van der Waals surface area contributed by atoms with E-state index in [-0.39, 0.29) is 24.0 Å². The number of nitrogens with one attached hydrogen (secondary N) is 3. The number of hydrogen-bond donors (Lipinski definition) is 3. The summed E-state index contributed by atoms with van der Waals surface area (Å²) in [5.41, 5.74) is 1.58. The molecular formula is C19H26N6O2. The van der Waals surface area contributed by atoms with Gasteiger partial charge in [-0.3, -0.25) is 4.79 Å². The van der Waals surface area contributed by atoms with Crippen LogP contribution in [0.5, 0.6) is 0 Å². The fourth-order valence-corrected chi connectivity index (χ4v) is 2.79. The molecule has 8 nitrogen and oxygen atoms in total. The molecule has 0 spiro atoms. The SMILES string of the molecule is CC(C)n1cnnc1[C@@H](C)NC(=O)Nc1ccc(CC(=O)NC2CC2)cc1. The maximum absolute atomic E-state index is 12.2. The normalized spacial score (nSPS) is 14.7. The van der Waals surface area contributed by atoms with Gasteiger partial charge in [0.25, 0.3) is 0 Å². The van der Waals surface area contributed by atoms with Gasteiger partial charge in [-0.1, -0.05) is 12.1 Å². The van der Waals surface area contributed by atoms with E-state index in [4.69, 9.17) is 0 Å². The first kappa shape index (κ1) is 18.9. The summed E-state index contributed by atoms with van der Waals surface area (Å²) in [6, 6.07) is 7.26. The fraction of sp³-hybridized carbons (Fsp3) is 0.474. The van der Waals surface area contributed by atoms with Crippen LogP contribution in [0.1, 0.15) is 57.1 Å². The molecule has 1 heterocycles. The lowest BCUT2D eigenvalue weighted by Crippen LogP contribution is -2.32. The maximum Gasteiger partial charge on any atom is 0.319 e. The maximum atomic E-state index is 12.2. The second-order valence-corrected chi connectivity index (χ2v) is 7.23. The molecule has 3 rings (SSSR count). The van der Waals surface area contributed by atoms with Gasteiger partial charge in [-0.05, 0) is 51.3 Å². The van der Waals surface area contributed by atoms with Gasteiger partial charge in [-0.15, -0.1) is 10.2 Å². The number of hydrogen-bond acceptors (Lipinski definition) is 4. The molecule has 1 aromatic carbocycles. The van der Waals surface area contributed by atoms with Gasteiger partial charge >= 0.3 is 6.03 Å². The molecule has 3 amide bonds. The number of carbonyl (C=O) groups excluding carboxylic acids is 2. The number of nitrogens with zero attached hydrogens (tertiary/aromatic N) is 3. The summed E-state index contributed by atoms with van der Waals surface area (Å²) in [7, 11) is 0. The minimum absolute atomic E-state index is 0.0408. The monoisotopic (exact) mass is 370 g/mol. The standard InChI is InChI=1S/C19H26N6O2/c1-12(2)25-11-20-24-18(25)13(3)21-19(27)23-16-6-4-14(5-7-16)10-17(26)22-15-8-9-15/h4-7,11-13,15H,8-10H2,1-3H3,(H,22,26)(H2,21,23,27)/t13-/m1/s1. The van der Waals surface area contributed by atoms with Crippen molar-refractivity contribution in [3.63, 3.8) is 0 Å². The van der Waals surface area contributed by atoms with E-state index in [0.29, 0.717) is 24.0 Å². The number of urea groups is 1. The van der Waals surface area contributed by atoms with Crippen LogP contribution < -0.4 is 16.0 Å². The first-order valence-electron chi connectivity index (χ1n) is 9.27. The largest absolute Gasteiger partial charge is 0.353 e. The Morgan fingerprint density at radius 1 is 1.19 bits per heavy atom. The molecule has 144 valence electrons.